The number of nitro groups is 1. The fourth-order valence-corrected chi connectivity index (χ4v) is 2.57. The molecule has 0 radical (unpaired) electrons. The fourth-order valence-electron chi connectivity index (χ4n) is 2.57. The number of hydrogen-bond donors (Lipinski definition) is 1. The summed E-state index contributed by atoms with van der Waals surface area (Å²) in [7, 11) is 0. The van der Waals surface area contributed by atoms with Crippen LogP contribution in [0.4, 0.5) is 5.69 Å². The van der Waals surface area contributed by atoms with E-state index in [1.54, 1.807) is 12.1 Å². The van der Waals surface area contributed by atoms with Crippen molar-refractivity contribution in [3.8, 4) is 0 Å². The molecule has 1 N–H and O–H groups in total. The van der Waals surface area contributed by atoms with Crippen molar-refractivity contribution in [2.75, 3.05) is 6.54 Å². The predicted octanol–water partition coefficient (Wildman–Crippen LogP) is 2.92. The summed E-state index contributed by atoms with van der Waals surface area (Å²) in [5.41, 5.74) is 1.35. The van der Waals surface area contributed by atoms with E-state index in [0.29, 0.717) is 6.04 Å². The lowest BCUT2D eigenvalue weighted by Crippen LogP contribution is -2.37. The molecule has 1 fully saturated rings. The Bertz CT molecular complexity index is 403. The van der Waals surface area contributed by atoms with Gasteiger partial charge in [-0.2, -0.15) is 0 Å². The average molecular weight is 248 g/mol. The lowest BCUT2D eigenvalue weighted by Gasteiger charge is -2.28. The Kier molecular flexibility index (Phi) is 4.31. The van der Waals surface area contributed by atoms with Crippen LogP contribution >= 0.6 is 0 Å². The van der Waals surface area contributed by atoms with Crippen LogP contribution in [0.15, 0.2) is 24.3 Å². The van der Waals surface area contributed by atoms with E-state index in [4.69, 9.17) is 0 Å². The van der Waals surface area contributed by atoms with Gasteiger partial charge in [-0.25, -0.2) is 0 Å². The van der Waals surface area contributed by atoms with Crippen molar-refractivity contribution in [1.82, 2.24) is 5.32 Å². The second kappa shape index (κ2) is 5.96. The molecule has 2 atom stereocenters. The van der Waals surface area contributed by atoms with Gasteiger partial charge in [-0.3, -0.25) is 10.1 Å². The molecule has 2 unspecified atom stereocenters. The number of rotatable bonds is 4. The van der Waals surface area contributed by atoms with E-state index in [1.807, 2.05) is 12.1 Å². The number of nitro benzene ring substituents is 1. The largest absolute Gasteiger partial charge is 0.314 e. The van der Waals surface area contributed by atoms with Crippen LogP contribution in [-0.2, 0) is 6.42 Å². The summed E-state index contributed by atoms with van der Waals surface area (Å²) in [6.07, 6.45) is 4.62. The van der Waals surface area contributed by atoms with Crippen LogP contribution in [-0.4, -0.2) is 17.5 Å². The van der Waals surface area contributed by atoms with Crippen molar-refractivity contribution in [2.45, 2.75) is 38.6 Å². The monoisotopic (exact) mass is 248 g/mol. The standard InChI is InChI=1S/C14H20N2O2/c1-11-8-9-15-13(10-11)5-2-12-3-6-14(7-4-12)16(17)18/h3-4,6-7,11,13,15H,2,5,8-10H2,1H3. The molecule has 0 aromatic heterocycles. The third kappa shape index (κ3) is 3.53. The summed E-state index contributed by atoms with van der Waals surface area (Å²) >= 11 is 0. The van der Waals surface area contributed by atoms with Crippen molar-refractivity contribution < 1.29 is 4.92 Å². The minimum absolute atomic E-state index is 0.170. The smallest absolute Gasteiger partial charge is 0.269 e. The van der Waals surface area contributed by atoms with Crippen molar-refractivity contribution in [2.24, 2.45) is 5.92 Å². The van der Waals surface area contributed by atoms with Gasteiger partial charge in [0.05, 0.1) is 4.92 Å². The average Bonchev–Trinajstić information content (AvgIpc) is 2.37. The van der Waals surface area contributed by atoms with Crippen molar-refractivity contribution >= 4 is 5.69 Å². The Morgan fingerprint density at radius 1 is 1.39 bits per heavy atom. The molecule has 4 nitrogen and oxygen atoms in total. The zero-order valence-electron chi connectivity index (χ0n) is 10.8. The van der Waals surface area contributed by atoms with E-state index in [1.165, 1.54) is 18.4 Å². The molecule has 1 aliphatic rings. The molecule has 0 amide bonds. The maximum Gasteiger partial charge on any atom is 0.269 e. The lowest BCUT2D eigenvalue weighted by molar-refractivity contribution is -0.384. The van der Waals surface area contributed by atoms with Gasteiger partial charge in [0.2, 0.25) is 0 Å². The maximum absolute atomic E-state index is 10.5. The van der Waals surface area contributed by atoms with E-state index < -0.39 is 0 Å². The van der Waals surface area contributed by atoms with Gasteiger partial charge in [0.15, 0.2) is 0 Å². The van der Waals surface area contributed by atoms with Gasteiger partial charge in [-0.05, 0) is 43.7 Å². The first-order chi connectivity index (χ1) is 8.65. The molecule has 1 saturated heterocycles. The van der Waals surface area contributed by atoms with Crippen LogP contribution in [0.25, 0.3) is 0 Å². The van der Waals surface area contributed by atoms with Gasteiger partial charge in [-0.15, -0.1) is 0 Å². The van der Waals surface area contributed by atoms with E-state index in [0.717, 1.165) is 25.3 Å². The second-order valence-corrected chi connectivity index (χ2v) is 5.24. The van der Waals surface area contributed by atoms with Crippen LogP contribution in [0.5, 0.6) is 0 Å². The molecule has 2 rings (SSSR count). The maximum atomic E-state index is 10.5. The summed E-state index contributed by atoms with van der Waals surface area (Å²) in [5, 5.41) is 14.1. The van der Waals surface area contributed by atoms with E-state index in [2.05, 4.69) is 12.2 Å². The molecular formula is C14H20N2O2. The summed E-state index contributed by atoms with van der Waals surface area (Å²) in [5.74, 6) is 0.813. The number of nitrogens with zero attached hydrogens (tertiary/aromatic N) is 1. The molecule has 0 aliphatic carbocycles. The molecule has 98 valence electrons. The first-order valence-corrected chi connectivity index (χ1v) is 6.62. The number of aryl methyl sites for hydroxylation is 1. The Morgan fingerprint density at radius 2 is 2.11 bits per heavy atom. The Morgan fingerprint density at radius 3 is 2.72 bits per heavy atom. The summed E-state index contributed by atoms with van der Waals surface area (Å²) in [6, 6.07) is 7.51. The lowest BCUT2D eigenvalue weighted by atomic mass is 9.91. The topological polar surface area (TPSA) is 55.2 Å². The highest BCUT2D eigenvalue weighted by Crippen LogP contribution is 2.19. The van der Waals surface area contributed by atoms with Crippen molar-refractivity contribution in [3.63, 3.8) is 0 Å². The predicted molar refractivity (Wildman–Crippen MR) is 71.6 cm³/mol. The minimum Gasteiger partial charge on any atom is -0.314 e. The molecule has 1 aliphatic heterocycles. The molecular weight excluding hydrogens is 228 g/mol. The minimum atomic E-state index is -0.353. The van der Waals surface area contributed by atoms with Crippen LogP contribution in [0.1, 0.15) is 31.7 Å². The van der Waals surface area contributed by atoms with Crippen molar-refractivity contribution in [1.29, 1.82) is 0 Å². The van der Waals surface area contributed by atoms with Gasteiger partial charge >= 0.3 is 0 Å². The van der Waals surface area contributed by atoms with Crippen LogP contribution < -0.4 is 5.32 Å². The summed E-state index contributed by atoms with van der Waals surface area (Å²) in [4.78, 5) is 10.2. The molecule has 1 aromatic carbocycles. The van der Waals surface area contributed by atoms with E-state index in [-0.39, 0.29) is 10.6 Å². The third-order valence-corrected chi connectivity index (χ3v) is 3.69. The molecule has 1 aromatic rings. The number of benzene rings is 1. The van der Waals surface area contributed by atoms with Gasteiger partial charge in [0, 0.05) is 18.2 Å². The molecule has 1 heterocycles. The van der Waals surface area contributed by atoms with E-state index >= 15 is 0 Å². The highest BCUT2D eigenvalue weighted by Gasteiger charge is 2.17. The Labute approximate surface area is 108 Å². The van der Waals surface area contributed by atoms with Crippen molar-refractivity contribution in [3.05, 3.63) is 39.9 Å². The SMILES string of the molecule is CC1CCNC(CCc2ccc([N+](=O)[O-])cc2)C1. The summed E-state index contributed by atoms with van der Waals surface area (Å²) < 4.78 is 0. The van der Waals surface area contributed by atoms with Crippen LogP contribution in [0.2, 0.25) is 0 Å². The zero-order valence-corrected chi connectivity index (χ0v) is 10.8. The number of non-ortho nitro benzene ring substituents is 1. The molecule has 0 bridgehead atoms. The molecule has 18 heavy (non-hydrogen) atoms. The highest BCUT2D eigenvalue weighted by molar-refractivity contribution is 5.32. The van der Waals surface area contributed by atoms with Crippen LogP contribution in [0.3, 0.4) is 0 Å². The number of hydrogen-bond acceptors (Lipinski definition) is 3. The van der Waals surface area contributed by atoms with Gasteiger partial charge in [0.25, 0.3) is 5.69 Å². The zero-order chi connectivity index (χ0) is 13.0. The van der Waals surface area contributed by atoms with Crippen LogP contribution in [0, 0.1) is 16.0 Å². The van der Waals surface area contributed by atoms with Gasteiger partial charge < -0.3 is 5.32 Å². The number of nitrogens with one attached hydrogen (secondary N) is 1. The first kappa shape index (κ1) is 13.0. The Balaban J connectivity index is 1.84. The van der Waals surface area contributed by atoms with Gasteiger partial charge in [-0.1, -0.05) is 19.1 Å². The third-order valence-electron chi connectivity index (χ3n) is 3.69. The second-order valence-electron chi connectivity index (χ2n) is 5.24. The fraction of sp³-hybridized carbons (Fsp3) is 0.571. The molecule has 0 spiro atoms. The summed E-state index contributed by atoms with van der Waals surface area (Å²) in [6.45, 7) is 3.42. The normalized spacial score (nSPS) is 23.8. The Hall–Kier alpha value is -1.42. The molecule has 0 saturated carbocycles. The van der Waals surface area contributed by atoms with E-state index in [9.17, 15) is 10.1 Å². The first-order valence-electron chi connectivity index (χ1n) is 6.62. The molecule has 4 heteroatoms. The number of piperidine rings is 1. The highest BCUT2D eigenvalue weighted by atomic mass is 16.6. The quantitative estimate of drug-likeness (QED) is 0.658. The van der Waals surface area contributed by atoms with Gasteiger partial charge in [0.1, 0.15) is 0 Å².